The third kappa shape index (κ3) is 6.06. The number of rotatable bonds is 8. The van der Waals surface area contributed by atoms with E-state index in [-0.39, 0.29) is 17.9 Å². The Morgan fingerprint density at radius 1 is 1.00 bits per heavy atom. The molecule has 3 aromatic rings. The summed E-state index contributed by atoms with van der Waals surface area (Å²) in [6, 6.07) is 17.5. The average Bonchev–Trinajstić information content (AvgIpc) is 2.75. The van der Waals surface area contributed by atoms with Crippen LogP contribution >= 0.6 is 0 Å². The zero-order chi connectivity index (χ0) is 21.4. The minimum Gasteiger partial charge on any atom is -0.457 e. The molecule has 2 aromatic carbocycles. The first-order valence-corrected chi connectivity index (χ1v) is 8.86. The van der Waals surface area contributed by atoms with Gasteiger partial charge in [-0.15, -0.1) is 0 Å². The lowest BCUT2D eigenvalue weighted by Gasteiger charge is -2.10. The van der Waals surface area contributed by atoms with Crippen molar-refractivity contribution in [1.82, 2.24) is 4.98 Å². The molecule has 0 spiro atoms. The molecule has 0 saturated carbocycles. The van der Waals surface area contributed by atoms with Crippen LogP contribution in [0.3, 0.4) is 0 Å². The highest BCUT2D eigenvalue weighted by atomic mass is 19.4. The van der Waals surface area contributed by atoms with Crippen molar-refractivity contribution in [3.63, 3.8) is 0 Å². The van der Waals surface area contributed by atoms with Crippen LogP contribution < -0.4 is 15.4 Å². The van der Waals surface area contributed by atoms with Gasteiger partial charge in [-0.25, -0.2) is 5.53 Å². The zero-order valence-corrected chi connectivity index (χ0v) is 15.6. The molecule has 3 rings (SSSR count). The molecule has 0 radical (unpaired) electrons. The van der Waals surface area contributed by atoms with Crippen molar-refractivity contribution in [2.24, 2.45) is 5.11 Å². The molecule has 0 fully saturated rings. The van der Waals surface area contributed by atoms with Crippen LogP contribution in [-0.2, 0) is 6.18 Å². The Bertz CT molecular complexity index is 1010. The van der Waals surface area contributed by atoms with Crippen LogP contribution in [0.1, 0.15) is 5.56 Å². The second-order valence-corrected chi connectivity index (χ2v) is 6.14. The number of para-hydroxylation sites is 1. The Morgan fingerprint density at radius 2 is 1.70 bits per heavy atom. The van der Waals surface area contributed by atoms with Crippen molar-refractivity contribution >= 4 is 11.4 Å². The standard InChI is InChI=1S/C21H18F3N5O/c22-21(23,24)15-10-17(12-26-11-15)28-14-18(29-25)13-27-16-6-8-20(9-7-16)30-19-4-2-1-3-5-19/h1-13,25,27-28H,14H2/b18-13-,29-25?. The number of ether oxygens (including phenoxy) is 1. The summed E-state index contributed by atoms with van der Waals surface area (Å²) < 4.78 is 43.9. The number of pyridine rings is 1. The summed E-state index contributed by atoms with van der Waals surface area (Å²) in [6.45, 7) is 0.0503. The van der Waals surface area contributed by atoms with Crippen molar-refractivity contribution < 1.29 is 17.9 Å². The van der Waals surface area contributed by atoms with E-state index in [2.05, 4.69) is 20.7 Å². The summed E-state index contributed by atoms with van der Waals surface area (Å²) in [5, 5.41) is 9.15. The van der Waals surface area contributed by atoms with E-state index in [9.17, 15) is 13.2 Å². The van der Waals surface area contributed by atoms with Gasteiger partial charge in [0.2, 0.25) is 0 Å². The normalized spacial score (nSPS) is 11.6. The highest BCUT2D eigenvalue weighted by Crippen LogP contribution is 2.30. The van der Waals surface area contributed by atoms with Gasteiger partial charge < -0.3 is 15.4 Å². The topological polar surface area (TPSA) is 82.4 Å². The van der Waals surface area contributed by atoms with Gasteiger partial charge in [0, 0.05) is 24.3 Å². The van der Waals surface area contributed by atoms with Gasteiger partial charge in [-0.3, -0.25) is 4.98 Å². The van der Waals surface area contributed by atoms with Crippen LogP contribution in [0.25, 0.3) is 0 Å². The molecule has 30 heavy (non-hydrogen) atoms. The number of hydrogen-bond acceptors (Lipinski definition) is 6. The number of nitrogens with zero attached hydrogens (tertiary/aromatic N) is 2. The van der Waals surface area contributed by atoms with Crippen LogP contribution in [0.4, 0.5) is 24.5 Å². The molecule has 1 aromatic heterocycles. The van der Waals surface area contributed by atoms with Gasteiger partial charge >= 0.3 is 6.18 Å². The average molecular weight is 413 g/mol. The molecule has 0 aliphatic heterocycles. The molecule has 9 heteroatoms. The molecule has 154 valence electrons. The number of halogens is 3. The Balaban J connectivity index is 1.57. The Morgan fingerprint density at radius 3 is 2.37 bits per heavy atom. The van der Waals surface area contributed by atoms with Crippen LogP contribution in [0.2, 0.25) is 0 Å². The first kappa shape index (κ1) is 20.8. The highest BCUT2D eigenvalue weighted by Gasteiger charge is 2.31. The maximum absolute atomic E-state index is 12.7. The van der Waals surface area contributed by atoms with Gasteiger partial charge in [0.25, 0.3) is 0 Å². The number of alkyl halides is 3. The molecule has 0 amide bonds. The van der Waals surface area contributed by atoms with Crippen LogP contribution in [0, 0.1) is 5.53 Å². The molecule has 0 saturated heterocycles. The molecule has 0 bridgehead atoms. The lowest BCUT2D eigenvalue weighted by molar-refractivity contribution is -0.137. The Labute approximate surface area is 170 Å². The van der Waals surface area contributed by atoms with Gasteiger partial charge in [0.15, 0.2) is 0 Å². The summed E-state index contributed by atoms with van der Waals surface area (Å²) in [7, 11) is 0. The number of aromatic nitrogens is 1. The van der Waals surface area contributed by atoms with Gasteiger partial charge in [-0.2, -0.15) is 18.3 Å². The van der Waals surface area contributed by atoms with Gasteiger partial charge in [0.05, 0.1) is 23.5 Å². The van der Waals surface area contributed by atoms with E-state index >= 15 is 0 Å². The first-order valence-electron chi connectivity index (χ1n) is 8.86. The van der Waals surface area contributed by atoms with Crippen molar-refractivity contribution in [2.45, 2.75) is 6.18 Å². The molecule has 3 N–H and O–H groups in total. The van der Waals surface area contributed by atoms with Crippen molar-refractivity contribution in [1.29, 1.82) is 5.53 Å². The van der Waals surface area contributed by atoms with E-state index in [0.29, 0.717) is 5.75 Å². The fourth-order valence-corrected chi connectivity index (χ4v) is 2.42. The second kappa shape index (κ2) is 9.55. The molecule has 1 heterocycles. The summed E-state index contributed by atoms with van der Waals surface area (Å²) in [6.07, 6.45) is -0.950. The van der Waals surface area contributed by atoms with E-state index in [4.69, 9.17) is 10.3 Å². The third-order valence-electron chi connectivity index (χ3n) is 3.92. The number of benzene rings is 2. The zero-order valence-electron chi connectivity index (χ0n) is 15.6. The maximum Gasteiger partial charge on any atom is 0.417 e. The largest absolute Gasteiger partial charge is 0.457 e. The van der Waals surface area contributed by atoms with E-state index in [1.807, 2.05) is 30.3 Å². The number of nitrogens with one attached hydrogen (secondary N) is 3. The van der Waals surface area contributed by atoms with Crippen LogP contribution in [0.15, 0.2) is 90.1 Å². The minimum atomic E-state index is -4.47. The van der Waals surface area contributed by atoms with E-state index in [1.165, 1.54) is 12.4 Å². The summed E-state index contributed by atoms with van der Waals surface area (Å²) in [5.74, 6) is 1.39. The predicted octanol–water partition coefficient (Wildman–Crippen LogP) is 6.29. The van der Waals surface area contributed by atoms with E-state index in [1.54, 1.807) is 24.3 Å². The van der Waals surface area contributed by atoms with E-state index in [0.717, 1.165) is 23.7 Å². The SMILES string of the molecule is N=N/C(=C\Nc1ccc(Oc2ccccc2)cc1)CNc1cncc(C(F)(F)F)c1. The van der Waals surface area contributed by atoms with Crippen LogP contribution in [-0.4, -0.2) is 11.5 Å². The van der Waals surface area contributed by atoms with Crippen molar-refractivity contribution in [3.05, 3.63) is 90.5 Å². The van der Waals surface area contributed by atoms with Gasteiger partial charge in [0.1, 0.15) is 11.5 Å². The molecule has 0 aliphatic rings. The Hall–Kier alpha value is -3.88. The predicted molar refractivity (Wildman–Crippen MR) is 108 cm³/mol. The summed E-state index contributed by atoms with van der Waals surface area (Å²) in [5.41, 5.74) is 7.61. The molecular formula is C21H18F3N5O. The van der Waals surface area contributed by atoms with Crippen LogP contribution in [0.5, 0.6) is 11.5 Å². The second-order valence-electron chi connectivity index (χ2n) is 6.14. The fourth-order valence-electron chi connectivity index (χ4n) is 2.42. The highest BCUT2D eigenvalue weighted by molar-refractivity contribution is 5.50. The number of hydrogen-bond donors (Lipinski definition) is 3. The quantitative estimate of drug-likeness (QED) is 0.379. The smallest absolute Gasteiger partial charge is 0.417 e. The lowest BCUT2D eigenvalue weighted by Crippen LogP contribution is -2.09. The lowest BCUT2D eigenvalue weighted by atomic mass is 10.2. The van der Waals surface area contributed by atoms with E-state index < -0.39 is 11.7 Å². The molecule has 0 unspecified atom stereocenters. The molecular weight excluding hydrogens is 395 g/mol. The fraction of sp³-hybridized carbons (Fsp3) is 0.0952. The molecule has 6 nitrogen and oxygen atoms in total. The minimum absolute atomic E-state index is 0.0503. The first-order chi connectivity index (χ1) is 14.4. The monoisotopic (exact) mass is 413 g/mol. The van der Waals surface area contributed by atoms with Gasteiger partial charge in [-0.1, -0.05) is 18.2 Å². The van der Waals surface area contributed by atoms with Crippen molar-refractivity contribution in [2.75, 3.05) is 17.2 Å². The summed E-state index contributed by atoms with van der Waals surface area (Å²) >= 11 is 0. The summed E-state index contributed by atoms with van der Waals surface area (Å²) in [4.78, 5) is 3.58. The number of anilines is 2. The van der Waals surface area contributed by atoms with Gasteiger partial charge in [-0.05, 0) is 42.5 Å². The Kier molecular flexibility index (Phi) is 6.63. The maximum atomic E-state index is 12.7. The third-order valence-corrected chi connectivity index (χ3v) is 3.92. The molecule has 0 aliphatic carbocycles. The molecule has 0 atom stereocenters. The van der Waals surface area contributed by atoms with Crippen molar-refractivity contribution in [3.8, 4) is 11.5 Å².